The second-order valence-electron chi connectivity index (χ2n) is 10.8. The van der Waals surface area contributed by atoms with Crippen molar-refractivity contribution < 1.29 is 9.53 Å². The van der Waals surface area contributed by atoms with Gasteiger partial charge < -0.3 is 14.2 Å². The number of benzene rings is 1. The van der Waals surface area contributed by atoms with Gasteiger partial charge in [-0.3, -0.25) is 9.88 Å². The Kier molecular flexibility index (Phi) is 7.36. The molecule has 202 valence electrons. The van der Waals surface area contributed by atoms with E-state index in [1.54, 1.807) is 23.6 Å². The van der Waals surface area contributed by atoms with Crippen molar-refractivity contribution in [3.8, 4) is 0 Å². The first-order chi connectivity index (χ1) is 18.7. The Morgan fingerprint density at radius 3 is 2.67 bits per heavy atom. The molecule has 2 unspecified atom stereocenters. The molecule has 0 bridgehead atoms. The van der Waals surface area contributed by atoms with Crippen molar-refractivity contribution in [3.05, 3.63) is 92.6 Å². The summed E-state index contributed by atoms with van der Waals surface area (Å²) >= 11 is 6.55. The predicted octanol–water partition coefficient (Wildman–Crippen LogP) is 6.02. The lowest BCUT2D eigenvalue weighted by molar-refractivity contribution is 0.0118. The van der Waals surface area contributed by atoms with E-state index in [9.17, 15) is 10.3 Å². The molecule has 10 nitrogen and oxygen atoms in total. The number of fused-ring (bicyclic) bond motifs is 2. The molecule has 3 heterocycles. The molecule has 39 heavy (non-hydrogen) atoms. The number of ether oxygens (including phenoxy) is 1. The minimum absolute atomic E-state index is 0.193. The van der Waals surface area contributed by atoms with Crippen LogP contribution in [0.15, 0.2) is 54.2 Å². The lowest BCUT2D eigenvalue weighted by Crippen LogP contribution is -2.51. The molecule has 0 N–H and O–H groups in total. The number of nitrogens with zero attached hydrogens (tertiary/aromatic N) is 8. The first-order valence-electron chi connectivity index (χ1n) is 12.8. The van der Waals surface area contributed by atoms with Gasteiger partial charge in [-0.1, -0.05) is 28.8 Å². The first-order valence-corrected chi connectivity index (χ1v) is 13.2. The van der Waals surface area contributed by atoms with Gasteiger partial charge in [0.2, 0.25) is 0 Å². The quantitative estimate of drug-likeness (QED) is 0.226. The number of azide groups is 1. The summed E-state index contributed by atoms with van der Waals surface area (Å²) in [6, 6.07) is 8.93. The third-order valence-electron chi connectivity index (χ3n) is 6.99. The maximum absolute atomic E-state index is 12.7. The van der Waals surface area contributed by atoms with Crippen molar-refractivity contribution in [2.24, 2.45) is 12.2 Å². The number of pyridine rings is 1. The van der Waals surface area contributed by atoms with E-state index in [1.165, 1.54) is 0 Å². The lowest BCUT2D eigenvalue weighted by atomic mass is 9.90. The predicted molar refractivity (Wildman–Crippen MR) is 150 cm³/mol. The van der Waals surface area contributed by atoms with Crippen LogP contribution in [0.5, 0.6) is 0 Å². The zero-order valence-corrected chi connectivity index (χ0v) is 23.2. The average Bonchev–Trinajstić information content (AvgIpc) is 3.26. The van der Waals surface area contributed by atoms with Gasteiger partial charge in [0.25, 0.3) is 0 Å². The Hall–Kier alpha value is -3.85. The van der Waals surface area contributed by atoms with Gasteiger partial charge in [0, 0.05) is 55.6 Å². The molecule has 1 saturated heterocycles. The summed E-state index contributed by atoms with van der Waals surface area (Å²) in [6.07, 6.45) is 6.94. The molecule has 2 atom stereocenters. The van der Waals surface area contributed by atoms with E-state index in [1.807, 2.05) is 68.8 Å². The number of rotatable bonds is 4. The van der Waals surface area contributed by atoms with E-state index in [0.717, 1.165) is 33.7 Å². The van der Waals surface area contributed by atoms with E-state index < -0.39 is 11.6 Å². The molecule has 5 rings (SSSR count). The van der Waals surface area contributed by atoms with Gasteiger partial charge in [-0.05, 0) is 72.8 Å². The fourth-order valence-electron chi connectivity index (χ4n) is 5.24. The highest BCUT2D eigenvalue weighted by atomic mass is 35.5. The summed E-state index contributed by atoms with van der Waals surface area (Å²) in [5.74, 6) is 0. The van der Waals surface area contributed by atoms with E-state index in [0.29, 0.717) is 31.2 Å². The third kappa shape index (κ3) is 5.49. The average molecular weight is 547 g/mol. The van der Waals surface area contributed by atoms with E-state index >= 15 is 0 Å². The van der Waals surface area contributed by atoms with Crippen LogP contribution in [0.25, 0.3) is 22.1 Å². The van der Waals surface area contributed by atoms with Gasteiger partial charge in [-0.25, -0.2) is 9.78 Å². The van der Waals surface area contributed by atoms with Crippen LogP contribution in [0.2, 0.25) is 5.02 Å². The molecule has 1 aromatic carbocycles. The van der Waals surface area contributed by atoms with Crippen LogP contribution in [0.1, 0.15) is 60.9 Å². The summed E-state index contributed by atoms with van der Waals surface area (Å²) in [4.78, 5) is 29.1. The highest BCUT2D eigenvalue weighted by Gasteiger charge is 2.36. The highest BCUT2D eigenvalue weighted by molar-refractivity contribution is 6.30. The highest BCUT2D eigenvalue weighted by Crippen LogP contribution is 2.45. The first kappa shape index (κ1) is 26.7. The zero-order valence-electron chi connectivity index (χ0n) is 22.5. The monoisotopic (exact) mass is 546 g/mol. The van der Waals surface area contributed by atoms with Gasteiger partial charge in [-0.15, -0.1) is 0 Å². The second-order valence-corrected chi connectivity index (χ2v) is 11.2. The topological polar surface area (TPSA) is 112 Å². The summed E-state index contributed by atoms with van der Waals surface area (Å²) < 4.78 is 7.45. The number of hydrogen-bond acceptors (Lipinski definition) is 6. The van der Waals surface area contributed by atoms with Crippen LogP contribution in [-0.4, -0.2) is 62.2 Å². The molecule has 1 fully saturated rings. The minimum atomic E-state index is -0.629. The SMILES string of the molecule is Cn1cncc1C(N=[N+]=[N-])C1=Cc2cccnc2C(N2CCN(C(=O)OC(C)(C)C)CC2)c2ccc(Cl)cc21. The number of amides is 1. The van der Waals surface area contributed by atoms with Gasteiger partial charge in [0.1, 0.15) is 11.6 Å². The molecule has 11 heteroatoms. The third-order valence-corrected chi connectivity index (χ3v) is 7.22. The molecule has 0 radical (unpaired) electrons. The molecule has 2 aliphatic rings. The maximum Gasteiger partial charge on any atom is 0.410 e. The normalized spacial score (nSPS) is 18.2. The largest absolute Gasteiger partial charge is 0.444 e. The van der Waals surface area contributed by atoms with Crippen LogP contribution >= 0.6 is 11.6 Å². The Bertz CT molecular complexity index is 1460. The summed E-state index contributed by atoms with van der Waals surface area (Å²) in [5, 5.41) is 4.79. The summed E-state index contributed by atoms with van der Waals surface area (Å²) in [6.45, 7) is 7.96. The van der Waals surface area contributed by atoms with Crippen molar-refractivity contribution >= 4 is 29.3 Å². The van der Waals surface area contributed by atoms with Gasteiger partial charge in [-0.2, -0.15) is 0 Å². The standard InChI is InChI=1S/C28H31ClN8O2/c1-28(2,3)39-27(38)37-12-10-36(11-13-37)26-20-8-7-19(29)15-21(20)22(14-18-6-5-9-32-24(18)26)25(33-34-30)23-16-31-17-35(23)4/h5-9,14-17,25-26H,10-13H2,1-4H3. The van der Waals surface area contributed by atoms with Gasteiger partial charge in [0.15, 0.2) is 0 Å². The fraction of sp³-hybridized carbons (Fsp3) is 0.393. The molecular formula is C28H31ClN8O2. The van der Waals surface area contributed by atoms with Crippen molar-refractivity contribution in [1.29, 1.82) is 0 Å². The number of piperazine rings is 1. The second kappa shape index (κ2) is 10.7. The van der Waals surface area contributed by atoms with Crippen LogP contribution in [-0.2, 0) is 11.8 Å². The fourth-order valence-corrected chi connectivity index (χ4v) is 5.41. The molecule has 2 aromatic heterocycles. The minimum Gasteiger partial charge on any atom is -0.444 e. The van der Waals surface area contributed by atoms with E-state index in [4.69, 9.17) is 21.3 Å². The van der Waals surface area contributed by atoms with Crippen LogP contribution in [0.4, 0.5) is 4.79 Å². The molecule has 0 saturated carbocycles. The van der Waals surface area contributed by atoms with Crippen molar-refractivity contribution in [2.45, 2.75) is 38.5 Å². The summed E-state index contributed by atoms with van der Waals surface area (Å²) in [5.41, 5.74) is 14.3. The summed E-state index contributed by atoms with van der Waals surface area (Å²) in [7, 11) is 1.88. The Labute approximate surface area is 232 Å². The van der Waals surface area contributed by atoms with Crippen LogP contribution in [0, 0.1) is 0 Å². The molecule has 0 spiro atoms. The van der Waals surface area contributed by atoms with Gasteiger partial charge >= 0.3 is 6.09 Å². The number of aromatic nitrogens is 3. The Morgan fingerprint density at radius 2 is 2.00 bits per heavy atom. The van der Waals surface area contributed by atoms with Gasteiger partial charge in [0.05, 0.1) is 23.8 Å². The van der Waals surface area contributed by atoms with Crippen molar-refractivity contribution in [3.63, 3.8) is 0 Å². The number of hydrogen-bond donors (Lipinski definition) is 0. The number of carbonyl (C=O) groups is 1. The number of aryl methyl sites for hydroxylation is 1. The Balaban J connectivity index is 1.58. The van der Waals surface area contributed by atoms with Crippen molar-refractivity contribution in [2.75, 3.05) is 26.2 Å². The van der Waals surface area contributed by atoms with E-state index in [-0.39, 0.29) is 12.1 Å². The van der Waals surface area contributed by atoms with Crippen molar-refractivity contribution in [1.82, 2.24) is 24.3 Å². The lowest BCUT2D eigenvalue weighted by Gasteiger charge is -2.40. The van der Waals surface area contributed by atoms with E-state index in [2.05, 4.69) is 19.9 Å². The molecule has 3 aromatic rings. The zero-order chi connectivity index (χ0) is 27.7. The molecule has 1 aliphatic heterocycles. The number of halogens is 1. The molecule has 1 amide bonds. The maximum atomic E-state index is 12.7. The van der Waals surface area contributed by atoms with Crippen LogP contribution < -0.4 is 0 Å². The number of carbonyl (C=O) groups excluding carboxylic acids is 1. The smallest absolute Gasteiger partial charge is 0.410 e. The molecular weight excluding hydrogens is 516 g/mol. The van der Waals surface area contributed by atoms with Crippen LogP contribution in [0.3, 0.4) is 0 Å². The Morgan fingerprint density at radius 1 is 1.23 bits per heavy atom. The molecule has 1 aliphatic carbocycles. The number of imidazole rings is 1.